The third-order valence-electron chi connectivity index (χ3n) is 3.28. The van der Waals surface area contributed by atoms with E-state index in [1.165, 1.54) is 11.8 Å². The van der Waals surface area contributed by atoms with E-state index in [1.54, 1.807) is 12.3 Å². The van der Waals surface area contributed by atoms with E-state index in [0.29, 0.717) is 23.3 Å². The van der Waals surface area contributed by atoms with Crippen LogP contribution in [-0.2, 0) is 10.5 Å². The number of benzene rings is 2. The van der Waals surface area contributed by atoms with Crippen LogP contribution in [0.5, 0.6) is 11.5 Å². The zero-order chi connectivity index (χ0) is 20.4. The number of carbonyl (C=O) groups excluding carboxylic acids is 1. The molecule has 1 amide bonds. The van der Waals surface area contributed by atoms with Gasteiger partial charge in [0.2, 0.25) is 0 Å². The lowest BCUT2D eigenvalue weighted by atomic mass is 10.2. The highest BCUT2D eigenvalue weighted by atomic mass is 127. The molecule has 2 aromatic rings. The van der Waals surface area contributed by atoms with Crippen LogP contribution in [0.15, 0.2) is 52.7 Å². The number of rotatable bonds is 9. The number of thioether (sulfide) groups is 1. The van der Waals surface area contributed by atoms with Crippen LogP contribution >= 0.6 is 34.4 Å². The zero-order valence-electron chi connectivity index (χ0n) is 15.3. The minimum absolute atomic E-state index is 0.219. The Morgan fingerprint density at radius 2 is 1.96 bits per heavy atom. The van der Waals surface area contributed by atoms with Crippen molar-refractivity contribution >= 4 is 51.6 Å². The Morgan fingerprint density at radius 3 is 2.64 bits per heavy atom. The predicted molar refractivity (Wildman–Crippen MR) is 122 cm³/mol. The molecular weight excluding hydrogens is 491 g/mol. The molecule has 9 heteroatoms. The van der Waals surface area contributed by atoms with Gasteiger partial charge < -0.3 is 20.9 Å². The maximum Gasteiger partial charge on any atom is 0.255 e. The lowest BCUT2D eigenvalue weighted by Gasteiger charge is -2.13. The Labute approximate surface area is 181 Å². The molecule has 2 rings (SSSR count). The van der Waals surface area contributed by atoms with Gasteiger partial charge in [0.15, 0.2) is 23.3 Å². The van der Waals surface area contributed by atoms with Gasteiger partial charge in [-0.2, -0.15) is 5.10 Å². The Morgan fingerprint density at radius 1 is 1.21 bits per heavy atom. The van der Waals surface area contributed by atoms with E-state index in [9.17, 15) is 4.79 Å². The number of hydrogen-bond acceptors (Lipinski definition) is 6. The van der Waals surface area contributed by atoms with E-state index >= 15 is 0 Å². The predicted octanol–water partition coefficient (Wildman–Crippen LogP) is 3.14. The van der Waals surface area contributed by atoms with Gasteiger partial charge in [-0.1, -0.05) is 42.1 Å². The summed E-state index contributed by atoms with van der Waals surface area (Å²) in [5, 5.41) is 8.43. The van der Waals surface area contributed by atoms with Crippen molar-refractivity contribution in [2.24, 2.45) is 21.7 Å². The van der Waals surface area contributed by atoms with Crippen molar-refractivity contribution in [3.8, 4) is 11.5 Å². The maximum absolute atomic E-state index is 11.0. The van der Waals surface area contributed by atoms with Crippen LogP contribution in [0.4, 0.5) is 0 Å². The monoisotopic (exact) mass is 512 g/mol. The first kappa shape index (κ1) is 22.0. The number of carbonyl (C=O) groups is 1. The third kappa shape index (κ3) is 7.39. The third-order valence-corrected chi connectivity index (χ3v) is 4.94. The number of ether oxygens (including phenoxy) is 2. The summed E-state index contributed by atoms with van der Waals surface area (Å²) in [6.45, 7) is 2.09. The minimum Gasteiger partial charge on any atom is -0.490 e. The summed E-state index contributed by atoms with van der Waals surface area (Å²) in [6.07, 6.45) is 1.58. The van der Waals surface area contributed by atoms with Crippen molar-refractivity contribution in [2.75, 3.05) is 13.2 Å². The minimum atomic E-state index is -0.554. The van der Waals surface area contributed by atoms with Gasteiger partial charge in [0.05, 0.1) is 16.4 Å². The summed E-state index contributed by atoms with van der Waals surface area (Å²) in [5.41, 5.74) is 13.0. The summed E-state index contributed by atoms with van der Waals surface area (Å²) >= 11 is 3.51. The fourth-order valence-corrected chi connectivity index (χ4v) is 3.51. The van der Waals surface area contributed by atoms with Gasteiger partial charge in [0.25, 0.3) is 5.91 Å². The fourth-order valence-electron chi connectivity index (χ4n) is 2.12. The van der Waals surface area contributed by atoms with Crippen LogP contribution in [0.3, 0.4) is 0 Å². The molecule has 0 unspecified atom stereocenters. The van der Waals surface area contributed by atoms with E-state index in [-0.39, 0.29) is 6.61 Å². The summed E-state index contributed by atoms with van der Waals surface area (Å²) in [6, 6.07) is 13.6. The molecule has 0 saturated heterocycles. The van der Waals surface area contributed by atoms with Crippen LogP contribution in [0, 0.1) is 3.57 Å². The van der Waals surface area contributed by atoms with Crippen molar-refractivity contribution < 1.29 is 14.3 Å². The lowest BCUT2D eigenvalue weighted by Crippen LogP contribution is -2.20. The van der Waals surface area contributed by atoms with Crippen LogP contribution in [-0.4, -0.2) is 30.5 Å². The highest BCUT2D eigenvalue weighted by molar-refractivity contribution is 14.1. The van der Waals surface area contributed by atoms with E-state index < -0.39 is 5.91 Å². The molecule has 2 aromatic carbocycles. The first-order valence-electron chi connectivity index (χ1n) is 8.40. The van der Waals surface area contributed by atoms with Crippen LogP contribution in [0.1, 0.15) is 18.1 Å². The Hall–Kier alpha value is -2.27. The highest BCUT2D eigenvalue weighted by Crippen LogP contribution is 2.33. The SMILES string of the molecule is CCOc1cc(C=NN=C(N)SCc2ccccc2)cc(I)c1OCC(N)=O. The quantitative estimate of drug-likeness (QED) is 0.232. The molecule has 0 atom stereocenters. The molecule has 28 heavy (non-hydrogen) atoms. The normalized spacial score (nSPS) is 11.6. The van der Waals surface area contributed by atoms with E-state index in [1.807, 2.05) is 43.3 Å². The van der Waals surface area contributed by atoms with E-state index in [4.69, 9.17) is 20.9 Å². The smallest absolute Gasteiger partial charge is 0.255 e. The fraction of sp³-hybridized carbons (Fsp3) is 0.211. The molecule has 0 aliphatic carbocycles. The standard InChI is InChI=1S/C19H21IN4O3S/c1-2-26-16-9-14(8-15(20)18(16)27-11-17(21)25)10-23-24-19(22)28-12-13-6-4-3-5-7-13/h3-10H,2,11-12H2,1H3,(H2,21,25)(H2,22,24). The molecule has 0 spiro atoms. The topological polar surface area (TPSA) is 112 Å². The molecule has 4 N–H and O–H groups in total. The van der Waals surface area contributed by atoms with Gasteiger partial charge >= 0.3 is 0 Å². The molecule has 0 saturated carbocycles. The second-order valence-corrected chi connectivity index (χ2v) is 7.63. The first-order chi connectivity index (χ1) is 13.5. The summed E-state index contributed by atoms with van der Waals surface area (Å²) in [4.78, 5) is 11.0. The van der Waals surface area contributed by atoms with Crippen molar-refractivity contribution in [1.82, 2.24) is 0 Å². The summed E-state index contributed by atoms with van der Waals surface area (Å²) in [5.74, 6) is 1.15. The second-order valence-electron chi connectivity index (χ2n) is 5.48. The van der Waals surface area contributed by atoms with E-state index in [2.05, 4.69) is 32.8 Å². The number of nitrogens with zero attached hydrogens (tertiary/aromatic N) is 2. The number of halogens is 1. The van der Waals surface area contributed by atoms with Crippen molar-refractivity contribution in [1.29, 1.82) is 0 Å². The van der Waals surface area contributed by atoms with Gasteiger partial charge in [0, 0.05) is 5.75 Å². The average Bonchev–Trinajstić information content (AvgIpc) is 2.66. The van der Waals surface area contributed by atoms with Gasteiger partial charge in [-0.05, 0) is 52.8 Å². The molecule has 0 fully saturated rings. The first-order valence-corrected chi connectivity index (χ1v) is 10.5. The molecule has 7 nitrogen and oxygen atoms in total. The molecule has 0 radical (unpaired) electrons. The summed E-state index contributed by atoms with van der Waals surface area (Å²) in [7, 11) is 0. The van der Waals surface area contributed by atoms with Crippen molar-refractivity contribution in [3.05, 3.63) is 57.2 Å². The molecule has 0 aromatic heterocycles. The maximum atomic E-state index is 11.0. The number of primary amides is 1. The largest absolute Gasteiger partial charge is 0.490 e. The zero-order valence-corrected chi connectivity index (χ0v) is 18.3. The van der Waals surface area contributed by atoms with Gasteiger partial charge in [-0.3, -0.25) is 4.79 Å². The number of amides is 1. The van der Waals surface area contributed by atoms with E-state index in [0.717, 1.165) is 20.4 Å². The molecule has 0 aliphatic heterocycles. The van der Waals surface area contributed by atoms with Crippen molar-refractivity contribution in [3.63, 3.8) is 0 Å². The summed E-state index contributed by atoms with van der Waals surface area (Å²) < 4.78 is 11.8. The number of nitrogens with two attached hydrogens (primary N) is 2. The molecule has 148 valence electrons. The van der Waals surface area contributed by atoms with Gasteiger partial charge in [-0.25, -0.2) is 0 Å². The number of amidine groups is 1. The highest BCUT2D eigenvalue weighted by Gasteiger charge is 2.12. The number of hydrogen-bond donors (Lipinski definition) is 2. The van der Waals surface area contributed by atoms with Gasteiger partial charge in [0.1, 0.15) is 0 Å². The molecule has 0 heterocycles. The second kappa shape index (κ2) is 11.5. The average molecular weight is 512 g/mol. The van der Waals surface area contributed by atoms with Crippen molar-refractivity contribution in [2.45, 2.75) is 12.7 Å². The van der Waals surface area contributed by atoms with Crippen LogP contribution in [0.25, 0.3) is 0 Å². The molecular formula is C19H21IN4O3S. The van der Waals surface area contributed by atoms with Crippen LogP contribution < -0.4 is 20.9 Å². The Kier molecular flexibility index (Phi) is 9.08. The molecule has 0 aliphatic rings. The van der Waals surface area contributed by atoms with Gasteiger partial charge in [-0.15, -0.1) is 5.10 Å². The Balaban J connectivity index is 2.06. The lowest BCUT2D eigenvalue weighted by molar-refractivity contribution is -0.119. The molecule has 0 bridgehead atoms. The Bertz CT molecular complexity index is 860. The van der Waals surface area contributed by atoms with Crippen LogP contribution in [0.2, 0.25) is 0 Å².